The first-order valence-corrected chi connectivity index (χ1v) is 6.70. The van der Waals surface area contributed by atoms with E-state index in [1.165, 1.54) is 0 Å². The third kappa shape index (κ3) is 2.56. The molecule has 1 heterocycles. The molecule has 0 aliphatic carbocycles. The van der Waals surface area contributed by atoms with E-state index in [0.717, 1.165) is 37.1 Å². The summed E-state index contributed by atoms with van der Waals surface area (Å²) in [6.45, 7) is 2.87. The van der Waals surface area contributed by atoms with Crippen molar-refractivity contribution in [2.75, 3.05) is 18.6 Å². The minimum absolute atomic E-state index is 0.122. The number of anilines is 1. The molecule has 1 aliphatic rings. The van der Waals surface area contributed by atoms with Gasteiger partial charge >= 0.3 is 0 Å². The average Bonchev–Trinajstić information content (AvgIpc) is 2.43. The summed E-state index contributed by atoms with van der Waals surface area (Å²) in [4.78, 5) is 14.1. The Hall–Kier alpha value is -1.35. The molecule has 18 heavy (non-hydrogen) atoms. The monoisotopic (exact) mass is 247 g/mol. The van der Waals surface area contributed by atoms with E-state index in [9.17, 15) is 4.79 Å². The lowest BCUT2D eigenvalue weighted by atomic mass is 9.98. The first kappa shape index (κ1) is 13.1. The Balaban J connectivity index is 2.22. The van der Waals surface area contributed by atoms with Crippen molar-refractivity contribution in [1.29, 1.82) is 0 Å². The molecule has 0 radical (unpaired) electrons. The van der Waals surface area contributed by atoms with Crippen molar-refractivity contribution in [3.63, 3.8) is 0 Å². The lowest BCUT2D eigenvalue weighted by Gasteiger charge is -2.33. The molecule has 1 atom stereocenters. The number of fused-ring (bicyclic) bond motifs is 1. The smallest absolute Gasteiger partial charge is 0.226 e. The first-order chi connectivity index (χ1) is 8.77. The van der Waals surface area contributed by atoms with Crippen LogP contribution in [0.2, 0.25) is 0 Å². The highest BCUT2D eigenvalue weighted by Crippen LogP contribution is 2.35. The largest absolute Gasteiger partial charge is 0.377 e. The van der Waals surface area contributed by atoms with Crippen LogP contribution in [0.15, 0.2) is 24.3 Å². The zero-order valence-corrected chi connectivity index (χ0v) is 11.2. The summed E-state index contributed by atoms with van der Waals surface area (Å²) in [7, 11) is 1.73. The van der Waals surface area contributed by atoms with Crippen LogP contribution in [0, 0.1) is 0 Å². The maximum atomic E-state index is 12.2. The molecule has 98 valence electrons. The van der Waals surface area contributed by atoms with Gasteiger partial charge in [-0.15, -0.1) is 0 Å². The lowest BCUT2D eigenvalue weighted by molar-refractivity contribution is -0.119. The number of hydrogen-bond acceptors (Lipinski definition) is 2. The Morgan fingerprint density at radius 1 is 1.44 bits per heavy atom. The highest BCUT2D eigenvalue weighted by molar-refractivity contribution is 5.94. The maximum absolute atomic E-state index is 12.2. The number of unbranched alkanes of at least 4 members (excludes halogenated alkanes) is 1. The van der Waals surface area contributed by atoms with E-state index in [1.807, 2.05) is 23.1 Å². The van der Waals surface area contributed by atoms with Gasteiger partial charge in [0.2, 0.25) is 5.91 Å². The number of nitrogens with zero attached hydrogens (tertiary/aromatic N) is 1. The Morgan fingerprint density at radius 3 is 2.94 bits per heavy atom. The van der Waals surface area contributed by atoms with Crippen molar-refractivity contribution >= 4 is 11.6 Å². The number of para-hydroxylation sites is 1. The molecule has 0 saturated heterocycles. The van der Waals surface area contributed by atoms with Crippen molar-refractivity contribution in [3.8, 4) is 0 Å². The van der Waals surface area contributed by atoms with Gasteiger partial charge in [0.05, 0.1) is 6.10 Å². The normalized spacial score (nSPS) is 18.6. The third-order valence-corrected chi connectivity index (χ3v) is 3.52. The average molecular weight is 247 g/mol. The fraction of sp³-hybridized carbons (Fsp3) is 0.533. The molecule has 3 nitrogen and oxygen atoms in total. The van der Waals surface area contributed by atoms with Crippen molar-refractivity contribution in [2.24, 2.45) is 0 Å². The molecule has 0 N–H and O–H groups in total. The number of rotatable bonds is 4. The third-order valence-electron chi connectivity index (χ3n) is 3.52. The number of carbonyl (C=O) groups is 1. The standard InChI is InChI=1S/C15H21NO2/c1-3-4-9-15(17)16-11-10-14(18-2)12-7-5-6-8-13(12)16/h5-8,14H,3-4,9-11H2,1-2H3. The highest BCUT2D eigenvalue weighted by Gasteiger charge is 2.27. The van der Waals surface area contributed by atoms with Crippen molar-refractivity contribution in [3.05, 3.63) is 29.8 Å². The van der Waals surface area contributed by atoms with E-state index < -0.39 is 0 Å². The van der Waals surface area contributed by atoms with Gasteiger partial charge in [0.1, 0.15) is 0 Å². The molecule has 0 spiro atoms. The number of carbonyl (C=O) groups excluding carboxylic acids is 1. The van der Waals surface area contributed by atoms with Gasteiger partial charge in [0.15, 0.2) is 0 Å². The van der Waals surface area contributed by atoms with Gasteiger partial charge in [-0.25, -0.2) is 0 Å². The van der Waals surface area contributed by atoms with Crippen LogP contribution in [0.5, 0.6) is 0 Å². The number of hydrogen-bond donors (Lipinski definition) is 0. The minimum atomic E-state index is 0.122. The van der Waals surface area contributed by atoms with Gasteiger partial charge in [-0.1, -0.05) is 31.5 Å². The van der Waals surface area contributed by atoms with E-state index >= 15 is 0 Å². The van der Waals surface area contributed by atoms with Crippen LogP contribution < -0.4 is 4.90 Å². The molecule has 1 aliphatic heterocycles. The fourth-order valence-electron chi connectivity index (χ4n) is 2.49. The SMILES string of the molecule is CCCCC(=O)N1CCC(OC)c2ccccc21. The summed E-state index contributed by atoms with van der Waals surface area (Å²) in [5.74, 6) is 0.235. The first-order valence-electron chi connectivity index (χ1n) is 6.70. The number of amides is 1. The van der Waals surface area contributed by atoms with E-state index in [-0.39, 0.29) is 12.0 Å². The summed E-state index contributed by atoms with van der Waals surface area (Å²) < 4.78 is 5.49. The van der Waals surface area contributed by atoms with Crippen LogP contribution in [-0.2, 0) is 9.53 Å². The van der Waals surface area contributed by atoms with Crippen LogP contribution in [0.4, 0.5) is 5.69 Å². The van der Waals surface area contributed by atoms with E-state index in [1.54, 1.807) is 7.11 Å². The summed E-state index contributed by atoms with van der Waals surface area (Å²) in [5.41, 5.74) is 2.16. The molecule has 3 heteroatoms. The van der Waals surface area contributed by atoms with E-state index in [4.69, 9.17) is 4.74 Å². The van der Waals surface area contributed by atoms with Crippen LogP contribution >= 0.6 is 0 Å². The quantitative estimate of drug-likeness (QED) is 0.817. The number of benzene rings is 1. The molecule has 0 saturated carbocycles. The fourth-order valence-corrected chi connectivity index (χ4v) is 2.49. The van der Waals surface area contributed by atoms with Crippen molar-refractivity contribution in [2.45, 2.75) is 38.7 Å². The van der Waals surface area contributed by atoms with Gasteiger partial charge in [-0.2, -0.15) is 0 Å². The van der Waals surface area contributed by atoms with Crippen LogP contribution in [0.3, 0.4) is 0 Å². The second-order valence-corrected chi connectivity index (χ2v) is 4.72. The topological polar surface area (TPSA) is 29.5 Å². The molecular formula is C15H21NO2. The van der Waals surface area contributed by atoms with Gasteiger partial charge < -0.3 is 9.64 Å². The van der Waals surface area contributed by atoms with Crippen LogP contribution in [0.25, 0.3) is 0 Å². The molecular weight excluding hydrogens is 226 g/mol. The molecule has 0 bridgehead atoms. The summed E-state index contributed by atoms with van der Waals surface area (Å²) >= 11 is 0. The highest BCUT2D eigenvalue weighted by atomic mass is 16.5. The molecule has 1 aromatic rings. The predicted octanol–water partition coefficient (Wildman–Crippen LogP) is 3.30. The zero-order valence-electron chi connectivity index (χ0n) is 11.2. The zero-order chi connectivity index (χ0) is 13.0. The molecule has 1 amide bonds. The van der Waals surface area contributed by atoms with E-state index in [0.29, 0.717) is 6.42 Å². The van der Waals surface area contributed by atoms with E-state index in [2.05, 4.69) is 13.0 Å². The molecule has 0 aromatic heterocycles. The van der Waals surface area contributed by atoms with Gasteiger partial charge in [0, 0.05) is 31.3 Å². The van der Waals surface area contributed by atoms with Crippen LogP contribution in [-0.4, -0.2) is 19.6 Å². The molecule has 0 fully saturated rings. The molecule has 1 unspecified atom stereocenters. The second kappa shape index (κ2) is 6.01. The number of ether oxygens (including phenoxy) is 1. The lowest BCUT2D eigenvalue weighted by Crippen LogP contribution is -2.36. The Bertz CT molecular complexity index is 417. The predicted molar refractivity (Wildman–Crippen MR) is 72.7 cm³/mol. The Kier molecular flexibility index (Phi) is 4.37. The second-order valence-electron chi connectivity index (χ2n) is 4.72. The van der Waals surface area contributed by atoms with Crippen LogP contribution in [0.1, 0.15) is 44.3 Å². The Morgan fingerprint density at radius 2 is 2.22 bits per heavy atom. The summed E-state index contributed by atoms with van der Waals surface area (Å²) in [6.07, 6.45) is 3.66. The number of methoxy groups -OCH3 is 1. The van der Waals surface area contributed by atoms with Crippen molar-refractivity contribution < 1.29 is 9.53 Å². The van der Waals surface area contributed by atoms with Crippen molar-refractivity contribution in [1.82, 2.24) is 0 Å². The Labute approximate surface area is 109 Å². The van der Waals surface area contributed by atoms with Gasteiger partial charge in [-0.3, -0.25) is 4.79 Å². The van der Waals surface area contributed by atoms with Gasteiger partial charge in [-0.05, 0) is 18.9 Å². The van der Waals surface area contributed by atoms with Gasteiger partial charge in [0.25, 0.3) is 0 Å². The maximum Gasteiger partial charge on any atom is 0.226 e. The summed E-state index contributed by atoms with van der Waals surface area (Å²) in [5, 5.41) is 0. The molecule has 2 rings (SSSR count). The molecule has 1 aromatic carbocycles. The minimum Gasteiger partial charge on any atom is -0.377 e. The summed E-state index contributed by atoms with van der Waals surface area (Å²) in [6, 6.07) is 8.06.